The molecule has 0 aromatic rings. The second-order valence-electron chi connectivity index (χ2n) is 15.3. The Labute approximate surface area is 245 Å². The Hall–Kier alpha value is -0.370. The fourth-order valence-electron chi connectivity index (χ4n) is 8.49. The molecule has 0 aromatic heterocycles. The molecule has 5 saturated carbocycles. The molecule has 2 nitrogen and oxygen atoms in total. The second-order valence-corrected chi connectivity index (χ2v) is 15.3. The highest BCUT2D eigenvalue weighted by atomic mass is 16.1. The van der Waals surface area contributed by atoms with Crippen molar-refractivity contribution in [2.45, 2.75) is 194 Å². The third kappa shape index (κ3) is 13.4. The van der Waals surface area contributed by atoms with E-state index in [9.17, 15) is 4.79 Å². The van der Waals surface area contributed by atoms with Gasteiger partial charge in [0.2, 0.25) is 0 Å². The van der Waals surface area contributed by atoms with Gasteiger partial charge in [0.15, 0.2) is 0 Å². The smallest absolute Gasteiger partial charge is 0.139 e. The second kappa shape index (κ2) is 18.9. The molecule has 0 spiro atoms. The summed E-state index contributed by atoms with van der Waals surface area (Å²) in [7, 11) is 0. The Morgan fingerprint density at radius 2 is 0.769 bits per heavy atom. The summed E-state index contributed by atoms with van der Waals surface area (Å²) in [6.45, 7) is 6.85. The fraction of sp³-hybridized carbons (Fsp3) is 0.973. The number of carbonyl (C=O) groups excluding carboxylic acids is 1. The SMILES string of the molecule is C1CCC(C2CCCCC2)CC1.C1CCC(C2CCCCC2)CC1.CC(C)(C)C(=O)CCNC1CCCCC1. The molecule has 228 valence electrons. The molecule has 0 atom stereocenters. The monoisotopic (exact) mass is 544 g/mol. The average Bonchev–Trinajstić information content (AvgIpc) is 3.00. The maximum Gasteiger partial charge on any atom is 0.139 e. The highest BCUT2D eigenvalue weighted by molar-refractivity contribution is 5.83. The van der Waals surface area contributed by atoms with E-state index in [0.717, 1.165) is 30.2 Å². The van der Waals surface area contributed by atoms with E-state index in [2.05, 4.69) is 5.32 Å². The molecule has 1 N–H and O–H groups in total. The van der Waals surface area contributed by atoms with Gasteiger partial charge in [-0.2, -0.15) is 0 Å². The average molecular weight is 544 g/mol. The van der Waals surface area contributed by atoms with Gasteiger partial charge in [0, 0.05) is 24.4 Å². The largest absolute Gasteiger partial charge is 0.314 e. The van der Waals surface area contributed by atoms with Gasteiger partial charge in [-0.1, -0.05) is 168 Å². The van der Waals surface area contributed by atoms with Crippen molar-refractivity contribution in [1.82, 2.24) is 5.32 Å². The number of hydrogen-bond donors (Lipinski definition) is 1. The first-order valence-electron chi connectivity index (χ1n) is 18.2. The van der Waals surface area contributed by atoms with Crippen LogP contribution in [0, 0.1) is 29.1 Å². The van der Waals surface area contributed by atoms with Crippen LogP contribution >= 0.6 is 0 Å². The van der Waals surface area contributed by atoms with Crippen LogP contribution in [0.25, 0.3) is 0 Å². The normalized spacial score (nSPS) is 25.2. The van der Waals surface area contributed by atoms with Crippen LogP contribution in [0.2, 0.25) is 0 Å². The van der Waals surface area contributed by atoms with Crippen LogP contribution in [0.5, 0.6) is 0 Å². The summed E-state index contributed by atoms with van der Waals surface area (Å²) in [5.41, 5.74) is -0.172. The summed E-state index contributed by atoms with van der Waals surface area (Å²) in [4.78, 5) is 11.7. The topological polar surface area (TPSA) is 29.1 Å². The van der Waals surface area contributed by atoms with Crippen LogP contribution in [0.4, 0.5) is 0 Å². The molecule has 0 heterocycles. The molecule has 0 amide bonds. The molecule has 5 rings (SSSR count). The molecule has 2 heteroatoms. The highest BCUT2D eigenvalue weighted by Crippen LogP contribution is 2.39. The van der Waals surface area contributed by atoms with Crippen molar-refractivity contribution in [1.29, 1.82) is 0 Å². The molecule has 5 fully saturated rings. The molecule has 5 aliphatic carbocycles. The molecule has 0 aliphatic heterocycles. The molecule has 5 aliphatic rings. The van der Waals surface area contributed by atoms with Crippen LogP contribution < -0.4 is 5.32 Å². The van der Waals surface area contributed by atoms with E-state index in [4.69, 9.17) is 0 Å². The van der Waals surface area contributed by atoms with Crippen molar-refractivity contribution < 1.29 is 4.79 Å². The molecule has 0 aromatic carbocycles. The van der Waals surface area contributed by atoms with Crippen LogP contribution in [0.3, 0.4) is 0 Å². The Morgan fingerprint density at radius 3 is 1.05 bits per heavy atom. The van der Waals surface area contributed by atoms with Gasteiger partial charge in [-0.15, -0.1) is 0 Å². The Kier molecular flexibility index (Phi) is 16.1. The van der Waals surface area contributed by atoms with Crippen molar-refractivity contribution in [2.75, 3.05) is 6.54 Å². The minimum atomic E-state index is -0.172. The number of nitrogens with one attached hydrogen (secondary N) is 1. The summed E-state index contributed by atoms with van der Waals surface area (Å²) in [5, 5.41) is 3.50. The third-order valence-corrected chi connectivity index (χ3v) is 11.2. The van der Waals surface area contributed by atoms with E-state index in [1.807, 2.05) is 20.8 Å². The predicted molar refractivity (Wildman–Crippen MR) is 170 cm³/mol. The standard InChI is InChI=1S/C13H25NO.2C12H22/c1-13(2,3)12(15)9-10-14-11-7-5-4-6-8-11;2*1-3-7-11(8-4-1)12-9-5-2-6-10-12/h11,14H,4-10H2,1-3H3;2*11-12H,1-10H2. The number of hydrogen-bond acceptors (Lipinski definition) is 2. The van der Waals surface area contributed by atoms with Gasteiger partial charge >= 0.3 is 0 Å². The zero-order valence-corrected chi connectivity index (χ0v) is 26.9. The van der Waals surface area contributed by atoms with Crippen LogP contribution in [-0.2, 0) is 4.79 Å². The number of ketones is 1. The van der Waals surface area contributed by atoms with E-state index in [-0.39, 0.29) is 5.41 Å². The van der Waals surface area contributed by atoms with Crippen molar-refractivity contribution in [3.8, 4) is 0 Å². The van der Waals surface area contributed by atoms with Gasteiger partial charge < -0.3 is 5.32 Å². The van der Waals surface area contributed by atoms with Crippen molar-refractivity contribution in [2.24, 2.45) is 29.1 Å². The quantitative estimate of drug-likeness (QED) is 0.361. The first-order valence-corrected chi connectivity index (χ1v) is 18.2. The summed E-state index contributed by atoms with van der Waals surface area (Å²) < 4.78 is 0. The van der Waals surface area contributed by atoms with Gasteiger partial charge in [-0.3, -0.25) is 4.79 Å². The summed E-state index contributed by atoms with van der Waals surface area (Å²) in [6, 6.07) is 0.673. The van der Waals surface area contributed by atoms with Crippen LogP contribution in [0.15, 0.2) is 0 Å². The van der Waals surface area contributed by atoms with Gasteiger partial charge in [0.25, 0.3) is 0 Å². The van der Waals surface area contributed by atoms with E-state index in [1.165, 1.54) is 109 Å². The van der Waals surface area contributed by atoms with E-state index >= 15 is 0 Å². The number of carbonyl (C=O) groups is 1. The summed E-state index contributed by atoms with van der Waals surface area (Å²) in [6.07, 6.45) is 38.1. The Morgan fingerprint density at radius 1 is 0.487 bits per heavy atom. The van der Waals surface area contributed by atoms with E-state index < -0.39 is 0 Å². The lowest BCUT2D eigenvalue weighted by Crippen LogP contribution is -2.34. The number of Topliss-reactive ketones (excluding diaryl/α,β-unsaturated/α-hetero) is 1. The van der Waals surface area contributed by atoms with E-state index in [1.54, 1.807) is 51.4 Å². The lowest BCUT2D eigenvalue weighted by molar-refractivity contribution is -0.126. The highest BCUT2D eigenvalue weighted by Gasteiger charge is 2.26. The zero-order valence-electron chi connectivity index (χ0n) is 26.9. The predicted octanol–water partition coefficient (Wildman–Crippen LogP) is 11.2. The molecule has 0 saturated heterocycles. The third-order valence-electron chi connectivity index (χ3n) is 11.2. The maximum absolute atomic E-state index is 11.7. The zero-order chi connectivity index (χ0) is 27.8. The maximum atomic E-state index is 11.7. The first kappa shape index (κ1) is 33.1. The first-order chi connectivity index (χ1) is 18.9. The summed E-state index contributed by atoms with van der Waals surface area (Å²) >= 11 is 0. The lowest BCUT2D eigenvalue weighted by atomic mass is 9.73. The molecule has 0 unspecified atom stereocenters. The van der Waals surface area contributed by atoms with Crippen LogP contribution in [-0.4, -0.2) is 18.4 Å². The molecule has 0 bridgehead atoms. The fourth-order valence-corrected chi connectivity index (χ4v) is 8.49. The van der Waals surface area contributed by atoms with Crippen molar-refractivity contribution in [3.05, 3.63) is 0 Å². The molecular formula is C37H69NO. The van der Waals surface area contributed by atoms with Crippen LogP contribution in [0.1, 0.15) is 188 Å². The van der Waals surface area contributed by atoms with Gasteiger partial charge in [-0.25, -0.2) is 0 Å². The lowest BCUT2D eigenvalue weighted by Gasteiger charge is -2.32. The minimum Gasteiger partial charge on any atom is -0.314 e. The number of rotatable bonds is 6. The Balaban J connectivity index is 0.000000163. The van der Waals surface area contributed by atoms with Gasteiger partial charge in [-0.05, 0) is 36.5 Å². The Bertz CT molecular complexity index is 542. The van der Waals surface area contributed by atoms with Gasteiger partial charge in [0.1, 0.15) is 5.78 Å². The van der Waals surface area contributed by atoms with E-state index in [0.29, 0.717) is 18.2 Å². The molecule has 39 heavy (non-hydrogen) atoms. The van der Waals surface area contributed by atoms with Gasteiger partial charge in [0.05, 0.1) is 0 Å². The van der Waals surface area contributed by atoms with Crippen molar-refractivity contribution >= 4 is 5.78 Å². The molecular weight excluding hydrogens is 474 g/mol. The minimum absolute atomic E-state index is 0.172. The summed E-state index contributed by atoms with van der Waals surface area (Å²) in [5.74, 6) is 4.92. The van der Waals surface area contributed by atoms with Crippen molar-refractivity contribution in [3.63, 3.8) is 0 Å². The molecule has 0 radical (unpaired) electrons.